The van der Waals surface area contributed by atoms with Crippen LogP contribution in [-0.4, -0.2) is 9.55 Å². The lowest BCUT2D eigenvalue weighted by Gasteiger charge is -2.09. The van der Waals surface area contributed by atoms with E-state index in [9.17, 15) is 4.39 Å². The normalized spacial score (nSPS) is 10.9. The van der Waals surface area contributed by atoms with Gasteiger partial charge in [-0.05, 0) is 31.2 Å². The Morgan fingerprint density at radius 2 is 2.15 bits per heavy atom. The highest BCUT2D eigenvalue weighted by molar-refractivity contribution is 5.81. The number of ether oxygens (including phenoxy) is 1. The third kappa shape index (κ3) is 2.25. The van der Waals surface area contributed by atoms with Crippen LogP contribution in [0.15, 0.2) is 48.8 Å². The van der Waals surface area contributed by atoms with Crippen LogP contribution in [0.3, 0.4) is 0 Å². The molecule has 102 valence electrons. The molecule has 3 nitrogen and oxygen atoms in total. The molecule has 2 heterocycles. The number of nitrogens with zero attached hydrogens (tertiary/aromatic N) is 2. The third-order valence-corrected chi connectivity index (χ3v) is 3.29. The predicted molar refractivity (Wildman–Crippen MR) is 76.1 cm³/mol. The van der Waals surface area contributed by atoms with Crippen LogP contribution in [0.2, 0.25) is 0 Å². The van der Waals surface area contributed by atoms with Crippen LogP contribution in [0.4, 0.5) is 4.39 Å². The maximum absolute atomic E-state index is 13.9. The van der Waals surface area contributed by atoms with Gasteiger partial charge in [0.05, 0.1) is 17.4 Å². The van der Waals surface area contributed by atoms with E-state index in [4.69, 9.17) is 4.74 Å². The molecule has 0 saturated heterocycles. The smallest absolute Gasteiger partial charge is 0.147 e. The Labute approximate surface area is 116 Å². The lowest BCUT2D eigenvalue weighted by Crippen LogP contribution is -2.05. The first kappa shape index (κ1) is 12.7. The fraction of sp³-hybridized carbons (Fsp3) is 0.188. The van der Waals surface area contributed by atoms with Crippen LogP contribution in [-0.2, 0) is 13.2 Å². The first-order chi connectivity index (χ1) is 9.79. The van der Waals surface area contributed by atoms with Gasteiger partial charge in [0.15, 0.2) is 0 Å². The fourth-order valence-electron chi connectivity index (χ4n) is 2.40. The molecule has 0 aliphatic rings. The van der Waals surface area contributed by atoms with Gasteiger partial charge in [0.2, 0.25) is 0 Å². The van der Waals surface area contributed by atoms with Gasteiger partial charge in [-0.25, -0.2) is 4.39 Å². The number of fused-ring (bicyclic) bond motifs is 1. The second-order valence-electron chi connectivity index (χ2n) is 4.54. The van der Waals surface area contributed by atoms with E-state index in [0.29, 0.717) is 24.4 Å². The largest absolute Gasteiger partial charge is 0.486 e. The summed E-state index contributed by atoms with van der Waals surface area (Å²) < 4.78 is 21.6. The Morgan fingerprint density at radius 3 is 2.90 bits per heavy atom. The van der Waals surface area contributed by atoms with E-state index >= 15 is 0 Å². The molecule has 0 bridgehead atoms. The molecule has 0 aliphatic heterocycles. The number of para-hydroxylation sites is 1. The Balaban J connectivity index is 1.93. The molecule has 0 saturated carbocycles. The average molecular weight is 270 g/mol. The summed E-state index contributed by atoms with van der Waals surface area (Å²) >= 11 is 0. The Morgan fingerprint density at radius 1 is 1.25 bits per heavy atom. The van der Waals surface area contributed by atoms with Crippen LogP contribution in [0.5, 0.6) is 5.75 Å². The van der Waals surface area contributed by atoms with Crippen molar-refractivity contribution in [2.75, 3.05) is 0 Å². The molecule has 0 radical (unpaired) electrons. The molecular weight excluding hydrogens is 255 g/mol. The van der Waals surface area contributed by atoms with Gasteiger partial charge in [-0.2, -0.15) is 0 Å². The number of aryl methyl sites for hydroxylation is 1. The zero-order valence-electron chi connectivity index (χ0n) is 11.2. The summed E-state index contributed by atoms with van der Waals surface area (Å²) in [5, 5.41) is 0.900. The van der Waals surface area contributed by atoms with Crippen LogP contribution >= 0.6 is 0 Å². The van der Waals surface area contributed by atoms with E-state index in [-0.39, 0.29) is 5.82 Å². The number of aromatic nitrogens is 2. The Kier molecular flexibility index (Phi) is 3.37. The predicted octanol–water partition coefficient (Wildman–Crippen LogP) is 3.77. The SMILES string of the molecule is CCn1c(COc2cccnc2)cc2cccc(F)c21. The van der Waals surface area contributed by atoms with Gasteiger partial charge in [0.25, 0.3) is 0 Å². The van der Waals surface area contributed by atoms with Gasteiger partial charge < -0.3 is 9.30 Å². The zero-order valence-corrected chi connectivity index (χ0v) is 11.2. The van der Waals surface area contributed by atoms with Gasteiger partial charge in [-0.1, -0.05) is 12.1 Å². The summed E-state index contributed by atoms with van der Waals surface area (Å²) in [6.07, 6.45) is 3.37. The quantitative estimate of drug-likeness (QED) is 0.721. The number of hydrogen-bond donors (Lipinski definition) is 0. The molecule has 0 spiro atoms. The van der Waals surface area contributed by atoms with Gasteiger partial charge in [0.1, 0.15) is 18.2 Å². The molecule has 3 rings (SSSR count). The van der Waals surface area contributed by atoms with Gasteiger partial charge >= 0.3 is 0 Å². The molecule has 0 amide bonds. The van der Waals surface area contributed by atoms with E-state index in [2.05, 4.69) is 4.98 Å². The molecule has 2 aromatic heterocycles. The van der Waals surface area contributed by atoms with Crippen LogP contribution < -0.4 is 4.74 Å². The highest BCUT2D eigenvalue weighted by atomic mass is 19.1. The van der Waals surface area contributed by atoms with E-state index in [1.54, 1.807) is 18.5 Å². The van der Waals surface area contributed by atoms with E-state index < -0.39 is 0 Å². The molecule has 0 N–H and O–H groups in total. The number of hydrogen-bond acceptors (Lipinski definition) is 2. The minimum absolute atomic E-state index is 0.197. The summed E-state index contributed by atoms with van der Waals surface area (Å²) in [6, 6.07) is 10.8. The summed E-state index contributed by atoms with van der Waals surface area (Å²) in [5.74, 6) is 0.512. The van der Waals surface area contributed by atoms with Crippen molar-refractivity contribution in [3.05, 3.63) is 60.3 Å². The molecule has 20 heavy (non-hydrogen) atoms. The van der Waals surface area contributed by atoms with Crippen molar-refractivity contribution in [1.82, 2.24) is 9.55 Å². The monoisotopic (exact) mass is 270 g/mol. The molecular formula is C16H15FN2O. The van der Waals surface area contributed by atoms with E-state index in [1.807, 2.05) is 35.8 Å². The summed E-state index contributed by atoms with van der Waals surface area (Å²) in [5.41, 5.74) is 1.59. The lowest BCUT2D eigenvalue weighted by molar-refractivity contribution is 0.295. The Bertz CT molecular complexity index is 722. The van der Waals surface area contributed by atoms with Crippen molar-refractivity contribution in [2.24, 2.45) is 0 Å². The first-order valence-corrected chi connectivity index (χ1v) is 6.59. The minimum atomic E-state index is -0.197. The summed E-state index contributed by atoms with van der Waals surface area (Å²) in [7, 11) is 0. The molecule has 0 aliphatic carbocycles. The minimum Gasteiger partial charge on any atom is -0.486 e. The van der Waals surface area contributed by atoms with Crippen molar-refractivity contribution in [1.29, 1.82) is 0 Å². The second kappa shape index (κ2) is 5.33. The van der Waals surface area contributed by atoms with Crippen LogP contribution in [0.1, 0.15) is 12.6 Å². The molecule has 0 fully saturated rings. The highest BCUT2D eigenvalue weighted by Gasteiger charge is 2.11. The maximum Gasteiger partial charge on any atom is 0.147 e. The van der Waals surface area contributed by atoms with Crippen molar-refractivity contribution in [3.8, 4) is 5.75 Å². The number of rotatable bonds is 4. The standard InChI is InChI=1S/C16H15FN2O/c1-2-19-13(11-20-14-6-4-8-18-10-14)9-12-5-3-7-15(17)16(12)19/h3-10H,2,11H2,1H3. The maximum atomic E-state index is 13.9. The lowest BCUT2D eigenvalue weighted by atomic mass is 10.2. The topological polar surface area (TPSA) is 27.1 Å². The van der Waals surface area contributed by atoms with Crippen molar-refractivity contribution in [2.45, 2.75) is 20.1 Å². The fourth-order valence-corrected chi connectivity index (χ4v) is 2.40. The third-order valence-electron chi connectivity index (χ3n) is 3.29. The van der Waals surface area contributed by atoms with Crippen LogP contribution in [0.25, 0.3) is 10.9 Å². The van der Waals surface area contributed by atoms with E-state index in [0.717, 1.165) is 11.1 Å². The molecule has 1 aromatic carbocycles. The molecule has 0 unspecified atom stereocenters. The number of benzene rings is 1. The van der Waals surface area contributed by atoms with Gasteiger partial charge in [0, 0.05) is 18.1 Å². The van der Waals surface area contributed by atoms with Crippen LogP contribution in [0, 0.1) is 5.82 Å². The van der Waals surface area contributed by atoms with Crippen molar-refractivity contribution >= 4 is 10.9 Å². The van der Waals surface area contributed by atoms with Gasteiger partial charge in [-0.3, -0.25) is 4.98 Å². The van der Waals surface area contributed by atoms with Gasteiger partial charge in [-0.15, -0.1) is 0 Å². The molecule has 0 atom stereocenters. The summed E-state index contributed by atoms with van der Waals surface area (Å²) in [6.45, 7) is 3.10. The van der Waals surface area contributed by atoms with Crippen molar-refractivity contribution < 1.29 is 9.13 Å². The highest BCUT2D eigenvalue weighted by Crippen LogP contribution is 2.23. The molecule has 4 heteroatoms. The zero-order chi connectivity index (χ0) is 13.9. The van der Waals surface area contributed by atoms with E-state index in [1.165, 1.54) is 6.07 Å². The number of halogens is 1. The summed E-state index contributed by atoms with van der Waals surface area (Å²) in [4.78, 5) is 4.00. The second-order valence-corrected chi connectivity index (χ2v) is 4.54. The van der Waals surface area contributed by atoms with Crippen molar-refractivity contribution in [3.63, 3.8) is 0 Å². The number of pyridine rings is 1. The molecule has 3 aromatic rings. The Hall–Kier alpha value is -2.36. The average Bonchev–Trinajstić information content (AvgIpc) is 2.85. The first-order valence-electron chi connectivity index (χ1n) is 6.59.